The average molecular weight is 268 g/mol. The van der Waals surface area contributed by atoms with E-state index in [1.807, 2.05) is 29.2 Å². The zero-order chi connectivity index (χ0) is 14.1. The van der Waals surface area contributed by atoms with Gasteiger partial charge in [0.2, 0.25) is 5.91 Å². The fraction of sp³-hybridized carbons (Fsp3) is 0.353. The fourth-order valence-electron chi connectivity index (χ4n) is 2.92. The Morgan fingerprint density at radius 1 is 1.15 bits per heavy atom. The van der Waals surface area contributed by atoms with Gasteiger partial charge in [-0.05, 0) is 17.9 Å². The highest BCUT2D eigenvalue weighted by Crippen LogP contribution is 2.29. The zero-order valence-electron chi connectivity index (χ0n) is 12.0. The highest BCUT2D eigenvalue weighted by atomic mass is 16.2. The summed E-state index contributed by atoms with van der Waals surface area (Å²) in [6, 6.07) is 14.7. The number of anilines is 1. The Kier molecular flexibility index (Phi) is 3.45. The predicted molar refractivity (Wildman–Crippen MR) is 83.0 cm³/mol. The molecule has 0 spiro atoms. The lowest BCUT2D eigenvalue weighted by atomic mass is 10.1. The minimum atomic E-state index is -0.0473. The van der Waals surface area contributed by atoms with Crippen molar-refractivity contribution in [2.75, 3.05) is 11.4 Å². The van der Waals surface area contributed by atoms with Crippen LogP contribution in [0.15, 0.2) is 42.5 Å². The van der Waals surface area contributed by atoms with Gasteiger partial charge >= 0.3 is 0 Å². The third kappa shape index (κ3) is 2.29. The molecular formula is C17H20N2O. The van der Waals surface area contributed by atoms with Gasteiger partial charge in [0, 0.05) is 18.0 Å². The Balaban J connectivity index is 1.94. The van der Waals surface area contributed by atoms with Crippen LogP contribution in [0.2, 0.25) is 0 Å². The van der Waals surface area contributed by atoms with Crippen molar-refractivity contribution in [3.05, 3.63) is 42.5 Å². The van der Waals surface area contributed by atoms with Crippen LogP contribution in [0.4, 0.5) is 5.69 Å². The largest absolute Gasteiger partial charge is 0.310 e. The summed E-state index contributed by atoms with van der Waals surface area (Å²) in [6.07, 6.45) is 0.875. The Morgan fingerprint density at radius 3 is 2.70 bits per heavy atom. The first-order valence-electron chi connectivity index (χ1n) is 7.22. The highest BCUT2D eigenvalue weighted by Gasteiger charge is 2.33. The van der Waals surface area contributed by atoms with Crippen LogP contribution in [0.5, 0.6) is 0 Å². The first-order chi connectivity index (χ1) is 9.66. The van der Waals surface area contributed by atoms with Gasteiger partial charge in [-0.2, -0.15) is 0 Å². The van der Waals surface area contributed by atoms with Crippen LogP contribution in [0.25, 0.3) is 10.8 Å². The lowest BCUT2D eigenvalue weighted by molar-refractivity contribution is -0.118. The second-order valence-corrected chi connectivity index (χ2v) is 5.65. The quantitative estimate of drug-likeness (QED) is 0.928. The number of hydrogen-bond acceptors (Lipinski definition) is 2. The number of hydrogen-bond donors (Lipinski definition) is 1. The first kappa shape index (κ1) is 13.1. The van der Waals surface area contributed by atoms with Crippen molar-refractivity contribution in [2.45, 2.75) is 32.4 Å². The van der Waals surface area contributed by atoms with Gasteiger partial charge in [-0.25, -0.2) is 0 Å². The molecule has 1 amide bonds. The van der Waals surface area contributed by atoms with E-state index in [1.54, 1.807) is 0 Å². The van der Waals surface area contributed by atoms with Crippen molar-refractivity contribution in [2.24, 2.45) is 0 Å². The molecule has 3 heteroatoms. The van der Waals surface area contributed by atoms with E-state index in [1.165, 1.54) is 5.39 Å². The van der Waals surface area contributed by atoms with E-state index >= 15 is 0 Å². The minimum absolute atomic E-state index is 0.0473. The van der Waals surface area contributed by atoms with Crippen molar-refractivity contribution in [3.8, 4) is 0 Å². The van der Waals surface area contributed by atoms with Crippen LogP contribution >= 0.6 is 0 Å². The molecule has 3 nitrogen and oxygen atoms in total. The molecule has 1 atom stereocenters. The van der Waals surface area contributed by atoms with Gasteiger partial charge in [-0.1, -0.05) is 50.2 Å². The van der Waals surface area contributed by atoms with E-state index in [4.69, 9.17) is 0 Å². The smallest absolute Gasteiger partial charge is 0.244 e. The summed E-state index contributed by atoms with van der Waals surface area (Å²) < 4.78 is 0. The monoisotopic (exact) mass is 268 g/mol. The van der Waals surface area contributed by atoms with Crippen LogP contribution in [0.3, 0.4) is 0 Å². The number of nitrogens with one attached hydrogen (secondary N) is 1. The molecule has 20 heavy (non-hydrogen) atoms. The molecule has 1 aliphatic rings. The Hall–Kier alpha value is -1.87. The molecular weight excluding hydrogens is 248 g/mol. The van der Waals surface area contributed by atoms with E-state index in [9.17, 15) is 4.79 Å². The van der Waals surface area contributed by atoms with Crippen molar-refractivity contribution in [1.29, 1.82) is 0 Å². The molecule has 0 aromatic heterocycles. The normalized spacial score (nSPS) is 19.2. The molecule has 1 fully saturated rings. The maximum atomic E-state index is 12.5. The van der Waals surface area contributed by atoms with E-state index < -0.39 is 0 Å². The number of nitrogens with zero attached hydrogens (tertiary/aromatic N) is 1. The molecule has 0 bridgehead atoms. The molecule has 1 unspecified atom stereocenters. The maximum Gasteiger partial charge on any atom is 0.244 e. The lowest BCUT2D eigenvalue weighted by Crippen LogP contribution is -2.41. The first-order valence-corrected chi connectivity index (χ1v) is 7.22. The summed E-state index contributed by atoms with van der Waals surface area (Å²) >= 11 is 0. The van der Waals surface area contributed by atoms with Gasteiger partial charge in [-0.3, -0.25) is 4.79 Å². The molecule has 0 saturated carbocycles. The van der Waals surface area contributed by atoms with Crippen molar-refractivity contribution < 1.29 is 4.79 Å². The van der Waals surface area contributed by atoms with Crippen LogP contribution in [0, 0.1) is 0 Å². The fourth-order valence-corrected chi connectivity index (χ4v) is 2.92. The molecule has 0 aliphatic carbocycles. The van der Waals surface area contributed by atoms with Crippen LogP contribution in [-0.2, 0) is 4.79 Å². The SMILES string of the molecule is CC(C)NC1CCN(c2cccc3ccccc23)C1=O. The standard InChI is InChI=1S/C17H20N2O/c1-12(2)18-15-10-11-19(17(15)20)16-9-5-7-13-6-3-4-8-14(13)16/h3-9,12,15,18H,10-11H2,1-2H3. The van der Waals surface area contributed by atoms with Crippen LogP contribution in [0.1, 0.15) is 20.3 Å². The topological polar surface area (TPSA) is 32.3 Å². The Bertz CT molecular complexity index is 630. The number of fused-ring (bicyclic) bond motifs is 1. The molecule has 0 radical (unpaired) electrons. The summed E-state index contributed by atoms with van der Waals surface area (Å²) in [4.78, 5) is 14.5. The number of rotatable bonds is 3. The molecule has 3 rings (SSSR count). The molecule has 2 aromatic carbocycles. The van der Waals surface area contributed by atoms with E-state index in [2.05, 4.69) is 37.4 Å². The van der Waals surface area contributed by atoms with E-state index in [0.29, 0.717) is 6.04 Å². The van der Waals surface area contributed by atoms with Crippen molar-refractivity contribution in [1.82, 2.24) is 5.32 Å². The summed E-state index contributed by atoms with van der Waals surface area (Å²) in [5.74, 6) is 0.190. The molecule has 1 saturated heterocycles. The molecule has 104 valence electrons. The molecule has 1 N–H and O–H groups in total. The van der Waals surface area contributed by atoms with Gasteiger partial charge in [0.1, 0.15) is 0 Å². The summed E-state index contributed by atoms with van der Waals surface area (Å²) in [5.41, 5.74) is 1.03. The highest BCUT2D eigenvalue weighted by molar-refractivity contribution is 6.06. The van der Waals surface area contributed by atoms with Gasteiger partial charge in [0.05, 0.1) is 11.7 Å². The third-order valence-corrected chi connectivity index (χ3v) is 3.80. The Labute approximate surface area is 119 Å². The van der Waals surface area contributed by atoms with Gasteiger partial charge in [0.15, 0.2) is 0 Å². The van der Waals surface area contributed by atoms with Crippen LogP contribution in [-0.4, -0.2) is 24.5 Å². The second-order valence-electron chi connectivity index (χ2n) is 5.65. The average Bonchev–Trinajstić information content (AvgIpc) is 2.79. The molecule has 1 aliphatic heterocycles. The van der Waals surface area contributed by atoms with Gasteiger partial charge < -0.3 is 10.2 Å². The van der Waals surface area contributed by atoms with Crippen molar-refractivity contribution >= 4 is 22.4 Å². The van der Waals surface area contributed by atoms with Gasteiger partial charge in [0.25, 0.3) is 0 Å². The minimum Gasteiger partial charge on any atom is -0.310 e. The van der Waals surface area contributed by atoms with Crippen LogP contribution < -0.4 is 10.2 Å². The summed E-state index contributed by atoms with van der Waals surface area (Å²) in [6.45, 7) is 4.94. The summed E-state index contributed by atoms with van der Waals surface area (Å²) in [5, 5.41) is 5.67. The predicted octanol–water partition coefficient (Wildman–Crippen LogP) is 2.94. The Morgan fingerprint density at radius 2 is 1.90 bits per heavy atom. The molecule has 1 heterocycles. The van der Waals surface area contributed by atoms with Gasteiger partial charge in [-0.15, -0.1) is 0 Å². The number of carbonyl (C=O) groups is 1. The molecule has 2 aromatic rings. The number of benzene rings is 2. The van der Waals surface area contributed by atoms with E-state index in [-0.39, 0.29) is 11.9 Å². The maximum absolute atomic E-state index is 12.5. The summed E-state index contributed by atoms with van der Waals surface area (Å²) in [7, 11) is 0. The third-order valence-electron chi connectivity index (χ3n) is 3.80. The number of carbonyl (C=O) groups excluding carboxylic acids is 1. The number of amides is 1. The lowest BCUT2D eigenvalue weighted by Gasteiger charge is -2.20. The van der Waals surface area contributed by atoms with E-state index in [0.717, 1.165) is 24.0 Å². The zero-order valence-corrected chi connectivity index (χ0v) is 12.0. The second kappa shape index (κ2) is 5.25. The van der Waals surface area contributed by atoms with Crippen molar-refractivity contribution in [3.63, 3.8) is 0 Å².